The lowest BCUT2D eigenvalue weighted by molar-refractivity contribution is 0.287. The molecule has 0 bridgehead atoms. The van der Waals surface area contributed by atoms with E-state index in [0.29, 0.717) is 6.61 Å². The predicted octanol–water partition coefficient (Wildman–Crippen LogP) is 2.54. The van der Waals surface area contributed by atoms with Gasteiger partial charge in [-0.05, 0) is 12.3 Å². The highest BCUT2D eigenvalue weighted by molar-refractivity contribution is 4.59. The van der Waals surface area contributed by atoms with Crippen LogP contribution in [0.1, 0.15) is 58.8 Å². The fourth-order valence-corrected chi connectivity index (χ4v) is 1.46. The third-order valence-corrected chi connectivity index (χ3v) is 2.41. The van der Waals surface area contributed by atoms with Crippen LogP contribution in [0.2, 0.25) is 0 Å². The normalized spacial score (nSPS) is 16.8. The maximum Gasteiger partial charge on any atom is 0.0430 e. The lowest BCUT2D eigenvalue weighted by Crippen LogP contribution is -1.99. The second-order valence-electron chi connectivity index (χ2n) is 3.82. The van der Waals surface area contributed by atoms with E-state index in [4.69, 9.17) is 5.11 Å². The average Bonchev–Trinajstić information content (AvgIpc) is 2.08. The van der Waals surface area contributed by atoms with Gasteiger partial charge < -0.3 is 10.6 Å². The van der Waals surface area contributed by atoms with Crippen molar-refractivity contribution in [1.29, 1.82) is 0 Å². The lowest BCUT2D eigenvalue weighted by atomic mass is 9.91. The minimum absolute atomic E-state index is 0. The van der Waals surface area contributed by atoms with E-state index in [9.17, 15) is 0 Å². The number of aliphatic hydroxyl groups is 1. The van der Waals surface area contributed by atoms with Crippen LogP contribution in [0.3, 0.4) is 0 Å². The summed E-state index contributed by atoms with van der Waals surface area (Å²) in [6.45, 7) is 4.76. The van der Waals surface area contributed by atoms with Crippen LogP contribution in [0.5, 0.6) is 0 Å². The predicted molar refractivity (Wildman–Crippen MR) is 57.9 cm³/mol. The summed E-state index contributed by atoms with van der Waals surface area (Å²) in [7, 11) is 0. The molecule has 0 spiro atoms. The quantitative estimate of drug-likeness (QED) is 0.714. The van der Waals surface area contributed by atoms with E-state index in [-0.39, 0.29) is 5.48 Å². The first-order chi connectivity index (χ1) is 5.81. The second kappa shape index (κ2) is 11.9. The third-order valence-electron chi connectivity index (χ3n) is 2.41. The zero-order valence-electron chi connectivity index (χ0n) is 9.18. The van der Waals surface area contributed by atoms with Gasteiger partial charge in [-0.3, -0.25) is 0 Å². The van der Waals surface area contributed by atoms with Gasteiger partial charge in [-0.1, -0.05) is 52.4 Å². The van der Waals surface area contributed by atoms with Gasteiger partial charge in [0.05, 0.1) is 0 Å². The Morgan fingerprint density at radius 2 is 1.69 bits per heavy atom. The van der Waals surface area contributed by atoms with Crippen LogP contribution in [0.25, 0.3) is 0 Å². The van der Waals surface area contributed by atoms with Crippen molar-refractivity contribution in [3.05, 3.63) is 0 Å². The molecule has 0 aromatic heterocycles. The molecule has 0 radical (unpaired) electrons. The van der Waals surface area contributed by atoms with E-state index in [0.717, 1.165) is 18.8 Å². The Morgan fingerprint density at radius 1 is 1.15 bits per heavy atom. The number of hydrogen-bond acceptors (Lipinski definition) is 1. The lowest BCUT2D eigenvalue weighted by Gasteiger charge is -2.15. The SMILES string of the molecule is CC1CCCCC1.CCCCO.O. The van der Waals surface area contributed by atoms with Gasteiger partial charge in [-0.2, -0.15) is 0 Å². The summed E-state index contributed by atoms with van der Waals surface area (Å²) in [5.41, 5.74) is 0. The smallest absolute Gasteiger partial charge is 0.0430 e. The molecule has 1 saturated carbocycles. The van der Waals surface area contributed by atoms with Crippen molar-refractivity contribution in [3.63, 3.8) is 0 Å². The Labute approximate surface area is 82.7 Å². The Balaban J connectivity index is 0. The van der Waals surface area contributed by atoms with Gasteiger partial charge >= 0.3 is 0 Å². The molecule has 0 heterocycles. The van der Waals surface area contributed by atoms with Crippen LogP contribution in [0.15, 0.2) is 0 Å². The highest BCUT2D eigenvalue weighted by Gasteiger charge is 2.05. The largest absolute Gasteiger partial charge is 0.412 e. The first-order valence-electron chi connectivity index (χ1n) is 5.42. The highest BCUT2D eigenvalue weighted by atomic mass is 16.2. The van der Waals surface area contributed by atoms with Crippen molar-refractivity contribution < 1.29 is 10.6 Å². The summed E-state index contributed by atoms with van der Waals surface area (Å²) in [4.78, 5) is 0. The molecule has 82 valence electrons. The van der Waals surface area contributed by atoms with Crippen molar-refractivity contribution in [3.8, 4) is 0 Å². The molecule has 1 aliphatic rings. The number of aliphatic hydroxyl groups excluding tert-OH is 1. The fraction of sp³-hybridized carbons (Fsp3) is 1.00. The van der Waals surface area contributed by atoms with Crippen LogP contribution in [0.4, 0.5) is 0 Å². The van der Waals surface area contributed by atoms with Crippen LogP contribution in [-0.4, -0.2) is 17.2 Å². The van der Waals surface area contributed by atoms with Gasteiger partial charge in [0, 0.05) is 6.61 Å². The summed E-state index contributed by atoms with van der Waals surface area (Å²) in [6, 6.07) is 0. The summed E-state index contributed by atoms with van der Waals surface area (Å²) < 4.78 is 0. The molecular weight excluding hydrogens is 164 g/mol. The second-order valence-corrected chi connectivity index (χ2v) is 3.82. The van der Waals surface area contributed by atoms with E-state index in [1.54, 1.807) is 0 Å². The first-order valence-corrected chi connectivity index (χ1v) is 5.42. The van der Waals surface area contributed by atoms with E-state index >= 15 is 0 Å². The van der Waals surface area contributed by atoms with E-state index in [1.807, 2.05) is 0 Å². The molecule has 13 heavy (non-hydrogen) atoms. The number of unbranched alkanes of at least 4 members (excludes halogenated alkanes) is 1. The summed E-state index contributed by atoms with van der Waals surface area (Å²) in [5, 5.41) is 8.07. The van der Waals surface area contributed by atoms with E-state index < -0.39 is 0 Å². The molecule has 2 nitrogen and oxygen atoms in total. The zero-order valence-corrected chi connectivity index (χ0v) is 9.18. The van der Waals surface area contributed by atoms with E-state index in [1.165, 1.54) is 32.1 Å². The van der Waals surface area contributed by atoms with Crippen molar-refractivity contribution in [1.82, 2.24) is 0 Å². The fourth-order valence-electron chi connectivity index (χ4n) is 1.46. The maximum absolute atomic E-state index is 8.07. The topological polar surface area (TPSA) is 51.7 Å². The zero-order chi connectivity index (χ0) is 9.23. The summed E-state index contributed by atoms with van der Waals surface area (Å²) in [5.74, 6) is 1.04. The van der Waals surface area contributed by atoms with E-state index in [2.05, 4.69) is 13.8 Å². The molecule has 1 rings (SSSR count). The summed E-state index contributed by atoms with van der Waals surface area (Å²) >= 11 is 0. The molecule has 1 fully saturated rings. The van der Waals surface area contributed by atoms with Crippen LogP contribution < -0.4 is 0 Å². The molecule has 0 aliphatic heterocycles. The van der Waals surface area contributed by atoms with Crippen molar-refractivity contribution in [2.24, 2.45) is 5.92 Å². The molecule has 0 atom stereocenters. The van der Waals surface area contributed by atoms with Crippen molar-refractivity contribution in [2.45, 2.75) is 58.8 Å². The Kier molecular flexibility index (Phi) is 14.1. The van der Waals surface area contributed by atoms with Crippen LogP contribution >= 0.6 is 0 Å². The molecule has 0 aromatic rings. The van der Waals surface area contributed by atoms with Gasteiger partial charge in [-0.25, -0.2) is 0 Å². The van der Waals surface area contributed by atoms with Crippen molar-refractivity contribution in [2.75, 3.05) is 6.61 Å². The molecule has 0 aromatic carbocycles. The van der Waals surface area contributed by atoms with Crippen LogP contribution in [0, 0.1) is 5.92 Å². The monoisotopic (exact) mass is 190 g/mol. The standard InChI is InChI=1S/C7H14.C4H10O.H2O/c1-7-5-3-2-4-6-7;1-2-3-4-5;/h7H,2-6H2,1H3;5H,2-4H2,1H3;1H2. The van der Waals surface area contributed by atoms with Gasteiger partial charge in [0.25, 0.3) is 0 Å². The van der Waals surface area contributed by atoms with Gasteiger partial charge in [0.15, 0.2) is 0 Å². The molecule has 0 unspecified atom stereocenters. The highest BCUT2D eigenvalue weighted by Crippen LogP contribution is 2.21. The minimum Gasteiger partial charge on any atom is -0.412 e. The Bertz CT molecular complexity index is 76.2. The summed E-state index contributed by atoms with van der Waals surface area (Å²) in [6.07, 6.45) is 9.48. The Morgan fingerprint density at radius 3 is 1.85 bits per heavy atom. The molecule has 3 N–H and O–H groups in total. The molecule has 0 amide bonds. The van der Waals surface area contributed by atoms with Crippen molar-refractivity contribution >= 4 is 0 Å². The first kappa shape index (κ1) is 15.4. The minimum atomic E-state index is 0. The number of hydrogen-bond donors (Lipinski definition) is 1. The molecule has 0 saturated heterocycles. The average molecular weight is 190 g/mol. The van der Waals surface area contributed by atoms with Crippen LogP contribution in [-0.2, 0) is 0 Å². The van der Waals surface area contributed by atoms with Gasteiger partial charge in [-0.15, -0.1) is 0 Å². The maximum atomic E-state index is 8.07. The molecule has 1 aliphatic carbocycles. The van der Waals surface area contributed by atoms with Gasteiger partial charge in [0.2, 0.25) is 0 Å². The third kappa shape index (κ3) is 11.9. The molecular formula is C11H26O2. The van der Waals surface area contributed by atoms with Gasteiger partial charge in [0.1, 0.15) is 0 Å². The number of rotatable bonds is 2. The Hall–Kier alpha value is -0.0800. The molecule has 2 heteroatoms.